The molecule has 1 heterocycles. The molecule has 2 atom stereocenters. The summed E-state index contributed by atoms with van der Waals surface area (Å²) in [5, 5.41) is 3.47. The molecule has 130 valence electrons. The van der Waals surface area contributed by atoms with Gasteiger partial charge >= 0.3 is 5.97 Å². The van der Waals surface area contributed by atoms with Gasteiger partial charge in [0.2, 0.25) is 0 Å². The molecule has 0 radical (unpaired) electrons. The first-order valence-electron chi connectivity index (χ1n) is 8.41. The second kappa shape index (κ2) is 8.13. The highest BCUT2D eigenvalue weighted by Crippen LogP contribution is 2.41. The van der Waals surface area contributed by atoms with E-state index in [1.54, 1.807) is 11.3 Å². The van der Waals surface area contributed by atoms with E-state index in [1.165, 1.54) is 0 Å². The van der Waals surface area contributed by atoms with Crippen LogP contribution in [0.2, 0.25) is 0 Å². The van der Waals surface area contributed by atoms with Gasteiger partial charge in [0.1, 0.15) is 0 Å². The highest BCUT2D eigenvalue weighted by Gasteiger charge is 2.35. The zero-order chi connectivity index (χ0) is 17.6. The smallest absolute Gasteiger partial charge is 0.310 e. The number of thiazole rings is 1. The van der Waals surface area contributed by atoms with Gasteiger partial charge in [-0.3, -0.25) is 9.59 Å². The van der Waals surface area contributed by atoms with E-state index in [-0.39, 0.29) is 36.9 Å². The van der Waals surface area contributed by atoms with Crippen molar-refractivity contribution in [3.63, 3.8) is 0 Å². The van der Waals surface area contributed by atoms with E-state index in [4.69, 9.17) is 16.1 Å². The summed E-state index contributed by atoms with van der Waals surface area (Å²) in [6, 6.07) is 7.99. The fourth-order valence-electron chi connectivity index (χ4n) is 3.20. The SMILES string of the molecule is C#CCNC(=O)COC(=O)C1CCCCC1c1nc2ccccc2s1. The molecule has 3 rings (SSSR count). The number of aromatic nitrogens is 1. The van der Waals surface area contributed by atoms with Crippen LogP contribution in [0.15, 0.2) is 24.3 Å². The third-order valence-electron chi connectivity index (χ3n) is 4.43. The Hall–Kier alpha value is -2.39. The molecule has 0 bridgehead atoms. The monoisotopic (exact) mass is 356 g/mol. The molecule has 1 saturated carbocycles. The quantitative estimate of drug-likeness (QED) is 0.661. The van der Waals surface area contributed by atoms with Gasteiger partial charge in [-0.05, 0) is 25.0 Å². The molecule has 0 spiro atoms. The Balaban J connectivity index is 1.69. The number of carbonyl (C=O) groups excluding carboxylic acids is 2. The minimum Gasteiger partial charge on any atom is -0.455 e. The number of amides is 1. The van der Waals surface area contributed by atoms with Crippen LogP contribution in [0.1, 0.15) is 36.6 Å². The van der Waals surface area contributed by atoms with Gasteiger partial charge in [0, 0.05) is 5.92 Å². The first-order chi connectivity index (χ1) is 12.2. The van der Waals surface area contributed by atoms with Crippen molar-refractivity contribution in [3.05, 3.63) is 29.3 Å². The molecule has 1 aliphatic rings. The van der Waals surface area contributed by atoms with E-state index in [0.29, 0.717) is 0 Å². The molecule has 5 nitrogen and oxygen atoms in total. The third-order valence-corrected chi connectivity index (χ3v) is 5.60. The van der Waals surface area contributed by atoms with E-state index in [1.807, 2.05) is 24.3 Å². The Labute approximate surface area is 150 Å². The predicted octanol–water partition coefficient (Wildman–Crippen LogP) is 2.86. The molecule has 2 aromatic rings. The minimum absolute atomic E-state index is 0.0624. The van der Waals surface area contributed by atoms with Crippen molar-refractivity contribution in [2.24, 2.45) is 5.92 Å². The first-order valence-corrected chi connectivity index (χ1v) is 9.23. The molecule has 0 saturated heterocycles. The number of para-hydroxylation sites is 1. The van der Waals surface area contributed by atoms with Crippen molar-refractivity contribution in [1.29, 1.82) is 0 Å². The summed E-state index contributed by atoms with van der Waals surface area (Å²) >= 11 is 1.64. The summed E-state index contributed by atoms with van der Waals surface area (Å²) in [7, 11) is 0. The highest BCUT2D eigenvalue weighted by atomic mass is 32.1. The molecule has 1 amide bonds. The molecule has 0 aliphatic heterocycles. The number of benzene rings is 1. The molecule has 1 aliphatic carbocycles. The number of fused-ring (bicyclic) bond motifs is 1. The zero-order valence-electron chi connectivity index (χ0n) is 13.9. The van der Waals surface area contributed by atoms with Gasteiger partial charge in [-0.25, -0.2) is 4.98 Å². The number of carbonyl (C=O) groups is 2. The van der Waals surface area contributed by atoms with Crippen LogP contribution in [0.25, 0.3) is 10.2 Å². The van der Waals surface area contributed by atoms with E-state index < -0.39 is 0 Å². The summed E-state index contributed by atoms with van der Waals surface area (Å²) in [6.07, 6.45) is 8.84. The second-order valence-corrected chi connectivity index (χ2v) is 7.17. The van der Waals surface area contributed by atoms with Crippen LogP contribution in [0.5, 0.6) is 0 Å². The normalized spacial score (nSPS) is 20.0. The van der Waals surface area contributed by atoms with Gasteiger partial charge in [-0.15, -0.1) is 17.8 Å². The average molecular weight is 356 g/mol. The number of hydrogen-bond donors (Lipinski definition) is 1. The van der Waals surface area contributed by atoms with Crippen LogP contribution in [0.4, 0.5) is 0 Å². The molecule has 1 aromatic heterocycles. The number of terminal acetylenes is 1. The number of esters is 1. The van der Waals surface area contributed by atoms with E-state index in [0.717, 1.165) is 40.9 Å². The molecule has 2 unspecified atom stereocenters. The number of ether oxygens (including phenoxy) is 1. The highest BCUT2D eigenvalue weighted by molar-refractivity contribution is 7.18. The lowest BCUT2D eigenvalue weighted by molar-refractivity contribution is -0.154. The van der Waals surface area contributed by atoms with E-state index >= 15 is 0 Å². The maximum absolute atomic E-state index is 12.5. The zero-order valence-corrected chi connectivity index (χ0v) is 14.7. The van der Waals surface area contributed by atoms with Crippen LogP contribution >= 0.6 is 11.3 Å². The van der Waals surface area contributed by atoms with Crippen molar-refractivity contribution >= 4 is 33.4 Å². The van der Waals surface area contributed by atoms with E-state index in [9.17, 15) is 9.59 Å². The fraction of sp³-hybridized carbons (Fsp3) is 0.421. The molecular weight excluding hydrogens is 336 g/mol. The lowest BCUT2D eigenvalue weighted by atomic mass is 9.79. The van der Waals surface area contributed by atoms with Crippen LogP contribution in [0.3, 0.4) is 0 Å². The van der Waals surface area contributed by atoms with Crippen molar-refractivity contribution in [3.8, 4) is 12.3 Å². The predicted molar refractivity (Wildman–Crippen MR) is 97.1 cm³/mol. The number of hydrogen-bond acceptors (Lipinski definition) is 5. The number of nitrogens with one attached hydrogen (secondary N) is 1. The molecule has 6 heteroatoms. The van der Waals surface area contributed by atoms with Gasteiger partial charge in [-0.2, -0.15) is 0 Å². The Morgan fingerprint density at radius 2 is 2.12 bits per heavy atom. The van der Waals surface area contributed by atoms with Gasteiger partial charge < -0.3 is 10.1 Å². The molecule has 1 aromatic carbocycles. The van der Waals surface area contributed by atoms with Crippen LogP contribution in [-0.2, 0) is 14.3 Å². The van der Waals surface area contributed by atoms with Crippen molar-refractivity contribution in [2.75, 3.05) is 13.2 Å². The summed E-state index contributed by atoms with van der Waals surface area (Å²) in [4.78, 5) is 28.8. The topological polar surface area (TPSA) is 68.3 Å². The Bertz CT molecular complexity index is 775. The number of nitrogens with zero attached hydrogens (tertiary/aromatic N) is 1. The molecule has 1 fully saturated rings. The third kappa shape index (κ3) is 4.18. The molecular formula is C19H20N2O3S. The summed E-state index contributed by atoms with van der Waals surface area (Å²) in [6.45, 7) is -0.155. The van der Waals surface area contributed by atoms with Crippen LogP contribution < -0.4 is 5.32 Å². The average Bonchev–Trinajstić information content (AvgIpc) is 3.08. The largest absolute Gasteiger partial charge is 0.455 e. The Kier molecular flexibility index (Phi) is 5.67. The standard InChI is InChI=1S/C19H20N2O3S/c1-2-11-20-17(22)12-24-19(23)14-8-4-3-7-13(14)18-21-15-9-5-6-10-16(15)25-18/h1,5-6,9-10,13-14H,3-4,7-8,11-12H2,(H,20,22). The Morgan fingerprint density at radius 3 is 2.92 bits per heavy atom. The Morgan fingerprint density at radius 1 is 1.32 bits per heavy atom. The van der Waals surface area contributed by atoms with Crippen molar-refractivity contribution in [1.82, 2.24) is 10.3 Å². The fourth-order valence-corrected chi connectivity index (χ4v) is 4.37. The summed E-state index contributed by atoms with van der Waals surface area (Å²) < 4.78 is 6.35. The van der Waals surface area contributed by atoms with Crippen LogP contribution in [-0.4, -0.2) is 30.0 Å². The van der Waals surface area contributed by atoms with Gasteiger partial charge in [-0.1, -0.05) is 30.9 Å². The first kappa shape index (κ1) is 17.4. The van der Waals surface area contributed by atoms with Gasteiger partial charge in [0.25, 0.3) is 5.91 Å². The maximum atomic E-state index is 12.5. The van der Waals surface area contributed by atoms with Crippen LogP contribution in [0, 0.1) is 18.3 Å². The second-order valence-electron chi connectivity index (χ2n) is 6.11. The van der Waals surface area contributed by atoms with Gasteiger partial charge in [0.05, 0.1) is 27.7 Å². The van der Waals surface area contributed by atoms with E-state index in [2.05, 4.69) is 11.2 Å². The molecule has 25 heavy (non-hydrogen) atoms. The number of rotatable bonds is 5. The van der Waals surface area contributed by atoms with Crippen molar-refractivity contribution in [2.45, 2.75) is 31.6 Å². The lowest BCUT2D eigenvalue weighted by Gasteiger charge is -2.28. The van der Waals surface area contributed by atoms with Gasteiger partial charge in [0.15, 0.2) is 6.61 Å². The van der Waals surface area contributed by atoms with Crippen molar-refractivity contribution < 1.29 is 14.3 Å². The maximum Gasteiger partial charge on any atom is 0.310 e. The molecule has 1 N–H and O–H groups in total. The lowest BCUT2D eigenvalue weighted by Crippen LogP contribution is -2.33. The summed E-state index contributed by atoms with van der Waals surface area (Å²) in [5.41, 5.74) is 0.967. The minimum atomic E-state index is -0.376. The summed E-state index contributed by atoms with van der Waals surface area (Å²) in [5.74, 6) is 1.44.